The van der Waals surface area contributed by atoms with Crippen molar-refractivity contribution in [2.24, 2.45) is 0 Å². The van der Waals surface area contributed by atoms with Crippen LogP contribution in [0.2, 0.25) is 0 Å². The maximum absolute atomic E-state index is 10.2. The maximum atomic E-state index is 10.2. The number of hydrogen-bond donors (Lipinski definition) is 1. The second-order valence-corrected chi connectivity index (χ2v) is 7.41. The largest absolute Gasteiger partial charge is 0.393 e. The molecular formula is C17H33N2O. The van der Waals surface area contributed by atoms with E-state index < -0.39 is 0 Å². The summed E-state index contributed by atoms with van der Waals surface area (Å²) < 4.78 is 0. The van der Waals surface area contributed by atoms with Crippen molar-refractivity contribution in [2.45, 2.75) is 95.8 Å². The highest BCUT2D eigenvalue weighted by Crippen LogP contribution is 2.48. The third kappa shape index (κ3) is 2.53. The molecule has 20 heavy (non-hydrogen) atoms. The number of aliphatic hydroxyl groups excluding tert-OH is 1. The Morgan fingerprint density at radius 2 is 1.70 bits per heavy atom. The molecule has 0 bridgehead atoms. The lowest BCUT2D eigenvalue weighted by molar-refractivity contribution is -0.166. The molecule has 0 aliphatic carbocycles. The Bertz CT molecular complexity index is 317. The van der Waals surface area contributed by atoms with Gasteiger partial charge in [0.25, 0.3) is 0 Å². The van der Waals surface area contributed by atoms with Gasteiger partial charge >= 0.3 is 0 Å². The van der Waals surface area contributed by atoms with Crippen LogP contribution in [0.15, 0.2) is 0 Å². The van der Waals surface area contributed by atoms with Crippen LogP contribution in [0.4, 0.5) is 0 Å². The zero-order valence-corrected chi connectivity index (χ0v) is 13.9. The monoisotopic (exact) mass is 281 g/mol. The Balaban J connectivity index is 2.43. The SMILES string of the molecule is CCC1(CC)CCCC(C)(C)N1C1(CO)CCCC[N]1. The first-order valence-electron chi connectivity index (χ1n) is 8.56. The molecule has 0 aromatic carbocycles. The Kier molecular flexibility index (Phi) is 4.83. The third-order valence-corrected chi connectivity index (χ3v) is 5.89. The van der Waals surface area contributed by atoms with Gasteiger partial charge in [-0.25, -0.2) is 5.32 Å². The molecule has 2 saturated heterocycles. The minimum atomic E-state index is -0.325. The maximum Gasteiger partial charge on any atom is 0.111 e. The topological polar surface area (TPSA) is 37.6 Å². The summed E-state index contributed by atoms with van der Waals surface area (Å²) in [4.78, 5) is 2.65. The van der Waals surface area contributed by atoms with Gasteiger partial charge in [0.1, 0.15) is 5.66 Å². The lowest BCUT2D eigenvalue weighted by Crippen LogP contribution is -2.74. The van der Waals surface area contributed by atoms with Gasteiger partial charge in [-0.05, 0) is 65.2 Å². The number of aliphatic hydroxyl groups is 1. The van der Waals surface area contributed by atoms with Gasteiger partial charge in [0.2, 0.25) is 0 Å². The van der Waals surface area contributed by atoms with Gasteiger partial charge in [-0.15, -0.1) is 0 Å². The highest BCUT2D eigenvalue weighted by Gasteiger charge is 2.55. The second kappa shape index (κ2) is 5.94. The zero-order valence-electron chi connectivity index (χ0n) is 13.9. The lowest BCUT2D eigenvalue weighted by Gasteiger charge is -2.63. The number of hydrogen-bond acceptors (Lipinski definition) is 2. The molecule has 1 atom stereocenters. The molecule has 2 heterocycles. The first kappa shape index (κ1) is 16.3. The molecule has 0 aromatic rings. The molecule has 2 rings (SSSR count). The Morgan fingerprint density at radius 1 is 1.00 bits per heavy atom. The number of rotatable bonds is 4. The average Bonchev–Trinajstić information content (AvgIpc) is 2.46. The molecule has 2 aliphatic rings. The van der Waals surface area contributed by atoms with Gasteiger partial charge in [-0.2, -0.15) is 0 Å². The predicted octanol–water partition coefficient (Wildman–Crippen LogP) is 3.29. The van der Waals surface area contributed by atoms with Gasteiger partial charge < -0.3 is 5.11 Å². The lowest BCUT2D eigenvalue weighted by atomic mass is 9.71. The molecule has 3 heteroatoms. The average molecular weight is 281 g/mol. The smallest absolute Gasteiger partial charge is 0.111 e. The van der Waals surface area contributed by atoms with Crippen LogP contribution in [-0.2, 0) is 0 Å². The molecule has 0 spiro atoms. The summed E-state index contributed by atoms with van der Waals surface area (Å²) in [6, 6.07) is 0. The zero-order chi connectivity index (χ0) is 14.9. The number of likely N-dealkylation sites (tertiary alicyclic amines) is 1. The van der Waals surface area contributed by atoms with Crippen molar-refractivity contribution in [2.75, 3.05) is 13.2 Å². The second-order valence-electron chi connectivity index (χ2n) is 7.41. The van der Waals surface area contributed by atoms with Crippen molar-refractivity contribution in [1.82, 2.24) is 10.2 Å². The van der Waals surface area contributed by atoms with Crippen molar-refractivity contribution < 1.29 is 5.11 Å². The molecule has 2 fully saturated rings. The van der Waals surface area contributed by atoms with Gasteiger partial charge in [-0.1, -0.05) is 13.8 Å². The van der Waals surface area contributed by atoms with Crippen LogP contribution in [0, 0.1) is 0 Å². The van der Waals surface area contributed by atoms with Crippen LogP contribution < -0.4 is 5.32 Å². The molecule has 117 valence electrons. The molecule has 0 amide bonds. The molecule has 3 nitrogen and oxygen atoms in total. The normalized spacial score (nSPS) is 34.0. The fraction of sp³-hybridized carbons (Fsp3) is 1.00. The van der Waals surface area contributed by atoms with E-state index in [-0.39, 0.29) is 23.3 Å². The first-order chi connectivity index (χ1) is 9.46. The number of nitrogens with zero attached hydrogens (tertiary/aromatic N) is 2. The minimum absolute atomic E-state index is 0.133. The van der Waals surface area contributed by atoms with E-state index in [2.05, 4.69) is 32.6 Å². The third-order valence-electron chi connectivity index (χ3n) is 5.89. The standard InChI is InChI=1S/C17H33N2O/c1-5-16(6-2)11-9-10-15(3,4)19(16)17(14-20)12-7-8-13-18-17/h20H,5-14H2,1-4H3. The Morgan fingerprint density at radius 3 is 2.20 bits per heavy atom. The van der Waals surface area contributed by atoms with Crippen molar-refractivity contribution in [3.8, 4) is 0 Å². The highest BCUT2D eigenvalue weighted by atomic mass is 16.3. The molecular weight excluding hydrogens is 248 g/mol. The van der Waals surface area contributed by atoms with Gasteiger partial charge in [-0.3, -0.25) is 4.90 Å². The highest BCUT2D eigenvalue weighted by molar-refractivity contribution is 5.08. The predicted molar refractivity (Wildman–Crippen MR) is 83.8 cm³/mol. The van der Waals surface area contributed by atoms with E-state index in [1.54, 1.807) is 0 Å². The fourth-order valence-electron chi connectivity index (χ4n) is 4.91. The van der Waals surface area contributed by atoms with E-state index in [0.717, 1.165) is 25.8 Å². The van der Waals surface area contributed by atoms with Crippen LogP contribution in [-0.4, -0.2) is 39.9 Å². The summed E-state index contributed by atoms with van der Waals surface area (Å²) in [5.41, 5.74) is 0.0212. The summed E-state index contributed by atoms with van der Waals surface area (Å²) >= 11 is 0. The fourth-order valence-corrected chi connectivity index (χ4v) is 4.91. The molecule has 1 N–H and O–H groups in total. The summed E-state index contributed by atoms with van der Waals surface area (Å²) in [7, 11) is 0. The van der Waals surface area contributed by atoms with Crippen molar-refractivity contribution >= 4 is 0 Å². The first-order valence-corrected chi connectivity index (χ1v) is 8.56. The summed E-state index contributed by atoms with van der Waals surface area (Å²) in [5, 5.41) is 15.2. The molecule has 0 aromatic heterocycles. The van der Waals surface area contributed by atoms with E-state index in [1.165, 1.54) is 32.1 Å². The summed E-state index contributed by atoms with van der Waals surface area (Å²) in [6.07, 6.45) is 9.48. The number of piperidine rings is 2. The van der Waals surface area contributed by atoms with E-state index in [4.69, 9.17) is 5.32 Å². The van der Waals surface area contributed by atoms with Crippen LogP contribution >= 0.6 is 0 Å². The summed E-state index contributed by atoms with van der Waals surface area (Å²) in [6.45, 7) is 10.4. The Labute approximate surface area is 125 Å². The summed E-state index contributed by atoms with van der Waals surface area (Å²) in [5.74, 6) is 0. The van der Waals surface area contributed by atoms with E-state index in [1.807, 2.05) is 0 Å². The molecule has 1 unspecified atom stereocenters. The van der Waals surface area contributed by atoms with Crippen molar-refractivity contribution in [3.05, 3.63) is 0 Å². The molecule has 2 aliphatic heterocycles. The van der Waals surface area contributed by atoms with Crippen molar-refractivity contribution in [1.29, 1.82) is 0 Å². The van der Waals surface area contributed by atoms with Gasteiger partial charge in [0, 0.05) is 17.6 Å². The van der Waals surface area contributed by atoms with Gasteiger partial charge in [0.05, 0.1) is 6.61 Å². The van der Waals surface area contributed by atoms with Crippen LogP contribution in [0.1, 0.15) is 79.1 Å². The Hall–Kier alpha value is -0.120. The molecule has 1 radical (unpaired) electrons. The van der Waals surface area contributed by atoms with Crippen LogP contribution in [0.5, 0.6) is 0 Å². The van der Waals surface area contributed by atoms with E-state index in [9.17, 15) is 5.11 Å². The quantitative estimate of drug-likeness (QED) is 0.858. The van der Waals surface area contributed by atoms with E-state index >= 15 is 0 Å². The minimum Gasteiger partial charge on any atom is -0.393 e. The van der Waals surface area contributed by atoms with E-state index in [0.29, 0.717) is 0 Å². The van der Waals surface area contributed by atoms with Crippen molar-refractivity contribution in [3.63, 3.8) is 0 Å². The van der Waals surface area contributed by atoms with Crippen LogP contribution in [0.25, 0.3) is 0 Å². The molecule has 0 saturated carbocycles. The van der Waals surface area contributed by atoms with Gasteiger partial charge in [0.15, 0.2) is 0 Å². The van der Waals surface area contributed by atoms with Crippen LogP contribution in [0.3, 0.4) is 0 Å².